The highest BCUT2D eigenvalue weighted by molar-refractivity contribution is 6.06. The normalized spacial score (nSPS) is 10.6. The molecule has 0 aliphatic carbocycles. The van der Waals surface area contributed by atoms with Crippen LogP contribution in [0.15, 0.2) is 61.2 Å². The van der Waals surface area contributed by atoms with E-state index in [-0.39, 0.29) is 5.78 Å². The molecule has 2 rings (SSSR count). The van der Waals surface area contributed by atoms with Gasteiger partial charge in [-0.25, -0.2) is 0 Å². The van der Waals surface area contributed by atoms with Gasteiger partial charge in [-0.2, -0.15) is 0 Å². The van der Waals surface area contributed by atoms with Gasteiger partial charge in [0.25, 0.3) is 0 Å². The highest BCUT2D eigenvalue weighted by Gasteiger charge is 2.05. The predicted octanol–water partition coefficient (Wildman–Crippen LogP) is 5.73. The molecule has 0 unspecified atom stereocenters. The zero-order chi connectivity index (χ0) is 20.2. The van der Waals surface area contributed by atoms with Crippen molar-refractivity contribution in [3.63, 3.8) is 0 Å². The van der Waals surface area contributed by atoms with Gasteiger partial charge in [0, 0.05) is 11.6 Å². The summed E-state index contributed by atoms with van der Waals surface area (Å²) in [5.41, 5.74) is 1.46. The second kappa shape index (κ2) is 11.7. The quantitative estimate of drug-likeness (QED) is 0.268. The maximum absolute atomic E-state index is 12.5. The lowest BCUT2D eigenvalue weighted by atomic mass is 10.1. The molecular weight excluding hydrogens is 352 g/mol. The van der Waals surface area contributed by atoms with Crippen molar-refractivity contribution in [2.45, 2.75) is 26.7 Å². The first-order chi connectivity index (χ1) is 13.7. The molecule has 0 aliphatic rings. The minimum atomic E-state index is -0.0776. The van der Waals surface area contributed by atoms with Crippen molar-refractivity contribution in [3.8, 4) is 17.2 Å². The minimum absolute atomic E-state index is 0.0776. The Hall–Kier alpha value is -3.01. The molecule has 148 valence electrons. The lowest BCUT2D eigenvalue weighted by Gasteiger charge is -2.10. The monoisotopic (exact) mass is 380 g/mol. The minimum Gasteiger partial charge on any atom is -0.493 e. The largest absolute Gasteiger partial charge is 0.493 e. The number of rotatable bonds is 12. The first-order valence-corrected chi connectivity index (χ1v) is 9.63. The average molecular weight is 380 g/mol. The number of carbonyl (C=O) groups excluding carboxylic acids is 1. The first-order valence-electron chi connectivity index (χ1n) is 9.63. The fourth-order valence-electron chi connectivity index (χ4n) is 2.44. The third-order valence-corrected chi connectivity index (χ3v) is 3.78. The number of hydrogen-bond donors (Lipinski definition) is 0. The van der Waals surface area contributed by atoms with E-state index in [9.17, 15) is 4.79 Å². The number of carbonyl (C=O) groups is 1. The van der Waals surface area contributed by atoms with E-state index in [1.165, 1.54) is 0 Å². The standard InChI is InChI=1S/C24H28O4/c1-4-13-26-21-10-8-20(9-11-21)24(25)12-7-19-16-22(27-14-5-2)18-23(17-19)28-15-6-3/h4,7-12,16-18H,1,5-6,13-15H2,2-3H3/b12-7+. The smallest absolute Gasteiger partial charge is 0.185 e. The van der Waals surface area contributed by atoms with Crippen molar-refractivity contribution in [3.05, 3.63) is 72.3 Å². The topological polar surface area (TPSA) is 44.8 Å². The number of ether oxygens (including phenoxy) is 3. The van der Waals surface area contributed by atoms with Crippen LogP contribution in [0.3, 0.4) is 0 Å². The van der Waals surface area contributed by atoms with Gasteiger partial charge in [-0.1, -0.05) is 32.6 Å². The summed E-state index contributed by atoms with van der Waals surface area (Å²) in [5.74, 6) is 2.11. The maximum Gasteiger partial charge on any atom is 0.185 e. The zero-order valence-electron chi connectivity index (χ0n) is 16.6. The van der Waals surface area contributed by atoms with Gasteiger partial charge in [0.15, 0.2) is 5.78 Å². The van der Waals surface area contributed by atoms with Gasteiger partial charge in [0.2, 0.25) is 0 Å². The number of allylic oxidation sites excluding steroid dienone is 1. The molecule has 0 radical (unpaired) electrons. The molecule has 28 heavy (non-hydrogen) atoms. The van der Waals surface area contributed by atoms with Gasteiger partial charge in [0.1, 0.15) is 23.9 Å². The third kappa shape index (κ3) is 6.95. The van der Waals surface area contributed by atoms with Crippen LogP contribution in [0.4, 0.5) is 0 Å². The molecule has 2 aromatic carbocycles. The molecule has 4 nitrogen and oxygen atoms in total. The molecule has 0 bridgehead atoms. The van der Waals surface area contributed by atoms with Crippen molar-refractivity contribution >= 4 is 11.9 Å². The summed E-state index contributed by atoms with van der Waals surface area (Å²) in [6, 6.07) is 12.8. The van der Waals surface area contributed by atoms with Gasteiger partial charge in [0.05, 0.1) is 13.2 Å². The molecule has 0 aromatic heterocycles. The van der Waals surface area contributed by atoms with E-state index < -0.39 is 0 Å². The van der Waals surface area contributed by atoms with Crippen LogP contribution < -0.4 is 14.2 Å². The molecular formula is C24H28O4. The highest BCUT2D eigenvalue weighted by Crippen LogP contribution is 2.24. The van der Waals surface area contributed by atoms with E-state index >= 15 is 0 Å². The lowest BCUT2D eigenvalue weighted by Crippen LogP contribution is -1.99. The van der Waals surface area contributed by atoms with Gasteiger partial charge in [-0.05, 0) is 60.9 Å². The van der Waals surface area contributed by atoms with Crippen LogP contribution in [0.25, 0.3) is 6.08 Å². The Balaban J connectivity index is 2.11. The SMILES string of the molecule is C=CCOc1ccc(C(=O)/C=C/c2cc(OCCC)cc(OCCC)c2)cc1. The van der Waals surface area contributed by atoms with Crippen LogP contribution >= 0.6 is 0 Å². The van der Waals surface area contributed by atoms with Crippen molar-refractivity contribution in [1.29, 1.82) is 0 Å². The van der Waals surface area contributed by atoms with E-state index in [1.807, 2.05) is 18.2 Å². The Morgan fingerprint density at radius 1 is 0.893 bits per heavy atom. The average Bonchev–Trinajstić information content (AvgIpc) is 2.73. The molecule has 0 heterocycles. The van der Waals surface area contributed by atoms with Crippen molar-refractivity contribution in [2.24, 2.45) is 0 Å². The molecule has 0 fully saturated rings. The first kappa shape index (κ1) is 21.3. The zero-order valence-corrected chi connectivity index (χ0v) is 16.6. The van der Waals surface area contributed by atoms with Crippen molar-refractivity contribution in [2.75, 3.05) is 19.8 Å². The molecule has 0 spiro atoms. The molecule has 0 N–H and O–H groups in total. The van der Waals surface area contributed by atoms with E-state index in [0.29, 0.717) is 31.1 Å². The Morgan fingerprint density at radius 3 is 2.04 bits per heavy atom. The van der Waals surface area contributed by atoms with E-state index in [0.717, 1.165) is 29.9 Å². The maximum atomic E-state index is 12.5. The summed E-state index contributed by atoms with van der Waals surface area (Å²) >= 11 is 0. The molecule has 0 saturated heterocycles. The second-order valence-corrected chi connectivity index (χ2v) is 6.26. The number of ketones is 1. The Labute approximate surface area is 167 Å². The van der Waals surface area contributed by atoms with Gasteiger partial charge in [-0.15, -0.1) is 0 Å². The van der Waals surface area contributed by atoms with Crippen LogP contribution in [0.2, 0.25) is 0 Å². The van der Waals surface area contributed by atoms with Crippen molar-refractivity contribution in [1.82, 2.24) is 0 Å². The van der Waals surface area contributed by atoms with Crippen LogP contribution in [0.1, 0.15) is 42.6 Å². The Bertz CT molecular complexity index is 765. The summed E-state index contributed by atoms with van der Waals surface area (Å²) in [6.07, 6.45) is 6.87. The molecule has 0 saturated carbocycles. The van der Waals surface area contributed by atoms with E-state index in [4.69, 9.17) is 14.2 Å². The molecule has 0 atom stereocenters. The Morgan fingerprint density at radius 2 is 1.50 bits per heavy atom. The molecule has 2 aromatic rings. The van der Waals surface area contributed by atoms with E-state index in [2.05, 4.69) is 20.4 Å². The van der Waals surface area contributed by atoms with Gasteiger partial charge in [-0.3, -0.25) is 4.79 Å². The summed E-state index contributed by atoms with van der Waals surface area (Å²) in [6.45, 7) is 9.45. The molecule has 0 amide bonds. The summed E-state index contributed by atoms with van der Waals surface area (Å²) < 4.78 is 16.9. The fraction of sp³-hybridized carbons (Fsp3) is 0.292. The van der Waals surface area contributed by atoms with Gasteiger partial charge >= 0.3 is 0 Å². The highest BCUT2D eigenvalue weighted by atomic mass is 16.5. The van der Waals surface area contributed by atoms with Gasteiger partial charge < -0.3 is 14.2 Å². The van der Waals surface area contributed by atoms with Crippen LogP contribution in [0, 0.1) is 0 Å². The molecule has 0 aliphatic heterocycles. The second-order valence-electron chi connectivity index (χ2n) is 6.26. The van der Waals surface area contributed by atoms with Crippen LogP contribution in [-0.4, -0.2) is 25.6 Å². The van der Waals surface area contributed by atoms with Crippen LogP contribution in [0.5, 0.6) is 17.2 Å². The summed E-state index contributed by atoms with van der Waals surface area (Å²) in [5, 5.41) is 0. The predicted molar refractivity (Wildman–Crippen MR) is 114 cm³/mol. The summed E-state index contributed by atoms with van der Waals surface area (Å²) in [4.78, 5) is 12.5. The third-order valence-electron chi connectivity index (χ3n) is 3.78. The lowest BCUT2D eigenvalue weighted by molar-refractivity contribution is 0.104. The number of hydrogen-bond acceptors (Lipinski definition) is 4. The number of benzene rings is 2. The van der Waals surface area contributed by atoms with Crippen LogP contribution in [-0.2, 0) is 0 Å². The summed E-state index contributed by atoms with van der Waals surface area (Å²) in [7, 11) is 0. The van der Waals surface area contributed by atoms with Crippen molar-refractivity contribution < 1.29 is 19.0 Å². The van der Waals surface area contributed by atoms with E-state index in [1.54, 1.807) is 42.5 Å². The molecule has 4 heteroatoms. The Kier molecular flexibility index (Phi) is 8.86. The fourth-order valence-corrected chi connectivity index (χ4v) is 2.44.